The van der Waals surface area contributed by atoms with Gasteiger partial charge in [-0.2, -0.15) is 0 Å². The van der Waals surface area contributed by atoms with E-state index in [0.717, 1.165) is 25.8 Å². The third-order valence-electron chi connectivity index (χ3n) is 5.84. The van der Waals surface area contributed by atoms with E-state index < -0.39 is 5.54 Å². The number of carbonyl (C=O) groups excluding carboxylic acids is 2. The molecule has 1 N–H and O–H groups in total. The molecule has 0 aromatic carbocycles. The van der Waals surface area contributed by atoms with Crippen LogP contribution in [0.2, 0.25) is 0 Å². The van der Waals surface area contributed by atoms with Crippen LogP contribution in [0.5, 0.6) is 0 Å². The number of piperidine rings is 2. The lowest BCUT2D eigenvalue weighted by atomic mass is 9.73. The molecule has 3 rings (SSSR count). The van der Waals surface area contributed by atoms with Gasteiger partial charge in [-0.1, -0.05) is 0 Å². The van der Waals surface area contributed by atoms with Crippen molar-refractivity contribution in [1.82, 2.24) is 14.4 Å². The summed E-state index contributed by atoms with van der Waals surface area (Å²) in [6.07, 6.45) is 7.22. The molecule has 2 fully saturated rings. The summed E-state index contributed by atoms with van der Waals surface area (Å²) in [7, 11) is 0. The molecular weight excluding hydrogens is 318 g/mol. The van der Waals surface area contributed by atoms with Crippen LogP contribution < -0.4 is 0 Å². The molecule has 0 bridgehead atoms. The highest BCUT2D eigenvalue weighted by atomic mass is 16.3. The van der Waals surface area contributed by atoms with E-state index in [0.29, 0.717) is 26.1 Å². The van der Waals surface area contributed by atoms with Gasteiger partial charge in [0, 0.05) is 50.4 Å². The van der Waals surface area contributed by atoms with E-state index in [1.165, 1.54) is 0 Å². The fraction of sp³-hybridized carbons (Fsp3) is 0.684. The van der Waals surface area contributed by atoms with Crippen LogP contribution in [0.1, 0.15) is 39.5 Å². The van der Waals surface area contributed by atoms with Crippen LogP contribution in [0.4, 0.5) is 0 Å². The largest absolute Gasteiger partial charge is 0.395 e. The standard InChI is InChI=1S/C19H29N3O3/c1-18(2,22-10-3-4-11-22)17(25)21-9-5-7-19(15-21)8-6-16(24)20(14-19)12-13-23/h3-4,10-11,23H,5-9,12-15H2,1-2H3. The summed E-state index contributed by atoms with van der Waals surface area (Å²) in [6, 6.07) is 3.87. The predicted molar refractivity (Wildman–Crippen MR) is 94.9 cm³/mol. The minimum absolute atomic E-state index is 0.00880. The van der Waals surface area contributed by atoms with Crippen molar-refractivity contribution < 1.29 is 14.7 Å². The van der Waals surface area contributed by atoms with Gasteiger partial charge in [-0.15, -0.1) is 0 Å². The van der Waals surface area contributed by atoms with E-state index in [2.05, 4.69) is 0 Å². The molecule has 1 unspecified atom stereocenters. The maximum atomic E-state index is 13.2. The molecular formula is C19H29N3O3. The summed E-state index contributed by atoms with van der Waals surface area (Å²) >= 11 is 0. The first-order chi connectivity index (χ1) is 11.9. The Morgan fingerprint density at radius 3 is 2.64 bits per heavy atom. The SMILES string of the molecule is CC(C)(C(=O)N1CCCC2(CCC(=O)N(CCO)C2)C1)n1cccc1. The molecule has 6 nitrogen and oxygen atoms in total. The van der Waals surface area contributed by atoms with Crippen LogP contribution in [-0.4, -0.2) is 64.1 Å². The topological polar surface area (TPSA) is 65.8 Å². The lowest BCUT2D eigenvalue weighted by Gasteiger charge is -2.49. The first-order valence-corrected chi connectivity index (χ1v) is 9.19. The smallest absolute Gasteiger partial charge is 0.248 e. The zero-order valence-electron chi connectivity index (χ0n) is 15.3. The molecule has 1 aromatic heterocycles. The summed E-state index contributed by atoms with van der Waals surface area (Å²) in [5.41, 5.74) is -0.638. The third kappa shape index (κ3) is 3.45. The van der Waals surface area contributed by atoms with E-state index in [4.69, 9.17) is 0 Å². The van der Waals surface area contributed by atoms with E-state index in [9.17, 15) is 14.7 Å². The first kappa shape index (κ1) is 18.0. The van der Waals surface area contributed by atoms with E-state index in [1.807, 2.05) is 47.8 Å². The number of aliphatic hydroxyl groups is 1. The fourth-order valence-electron chi connectivity index (χ4n) is 4.35. The molecule has 0 aliphatic carbocycles. The maximum Gasteiger partial charge on any atom is 0.248 e. The number of hydrogen-bond acceptors (Lipinski definition) is 3. The number of β-amino-alcohol motifs (C(OH)–C–C–N with tert-alkyl or cyclic N) is 1. The highest BCUT2D eigenvalue weighted by Gasteiger charge is 2.44. The van der Waals surface area contributed by atoms with E-state index in [-0.39, 0.29) is 23.8 Å². The molecule has 25 heavy (non-hydrogen) atoms. The van der Waals surface area contributed by atoms with Crippen LogP contribution in [0.3, 0.4) is 0 Å². The third-order valence-corrected chi connectivity index (χ3v) is 5.84. The maximum absolute atomic E-state index is 13.2. The second kappa shape index (κ2) is 6.83. The normalized spacial score (nSPS) is 24.8. The number of carbonyl (C=O) groups is 2. The molecule has 2 saturated heterocycles. The molecule has 2 amide bonds. The molecule has 1 spiro atoms. The summed E-state index contributed by atoms with van der Waals surface area (Å²) < 4.78 is 1.96. The van der Waals surface area contributed by atoms with Crippen molar-refractivity contribution in [2.45, 2.75) is 45.1 Å². The van der Waals surface area contributed by atoms with Crippen molar-refractivity contribution in [3.63, 3.8) is 0 Å². The molecule has 3 heterocycles. The van der Waals surface area contributed by atoms with Gasteiger partial charge in [0.05, 0.1) is 6.61 Å². The fourth-order valence-corrected chi connectivity index (χ4v) is 4.35. The van der Waals surface area contributed by atoms with Crippen molar-refractivity contribution in [2.75, 3.05) is 32.8 Å². The van der Waals surface area contributed by atoms with Gasteiger partial charge < -0.3 is 19.5 Å². The Balaban J connectivity index is 1.74. The molecule has 6 heteroatoms. The number of amides is 2. The van der Waals surface area contributed by atoms with Crippen LogP contribution in [0, 0.1) is 5.41 Å². The van der Waals surface area contributed by atoms with Crippen molar-refractivity contribution >= 4 is 11.8 Å². The number of rotatable bonds is 4. The van der Waals surface area contributed by atoms with E-state index in [1.54, 1.807) is 4.90 Å². The molecule has 2 aliphatic rings. The Hall–Kier alpha value is -1.82. The summed E-state index contributed by atoms with van der Waals surface area (Å²) in [4.78, 5) is 29.0. The van der Waals surface area contributed by atoms with Crippen molar-refractivity contribution in [3.8, 4) is 0 Å². The summed E-state index contributed by atoms with van der Waals surface area (Å²) in [5.74, 6) is 0.254. The minimum atomic E-state index is -0.614. The van der Waals surface area contributed by atoms with Gasteiger partial charge in [0.25, 0.3) is 0 Å². The van der Waals surface area contributed by atoms with E-state index >= 15 is 0 Å². The van der Waals surface area contributed by atoms with Crippen LogP contribution in [0.25, 0.3) is 0 Å². The molecule has 0 saturated carbocycles. The molecule has 1 aromatic rings. The zero-order valence-corrected chi connectivity index (χ0v) is 15.3. The molecule has 0 radical (unpaired) electrons. The van der Waals surface area contributed by atoms with Gasteiger partial charge in [0.1, 0.15) is 5.54 Å². The van der Waals surface area contributed by atoms with Crippen LogP contribution in [0.15, 0.2) is 24.5 Å². The molecule has 2 aliphatic heterocycles. The number of aromatic nitrogens is 1. The minimum Gasteiger partial charge on any atom is -0.395 e. The first-order valence-electron chi connectivity index (χ1n) is 9.19. The second-order valence-electron chi connectivity index (χ2n) is 8.02. The van der Waals surface area contributed by atoms with Gasteiger partial charge in [0.2, 0.25) is 11.8 Å². The van der Waals surface area contributed by atoms with Crippen molar-refractivity contribution in [1.29, 1.82) is 0 Å². The Kier molecular flexibility index (Phi) is 4.91. The Morgan fingerprint density at radius 1 is 1.24 bits per heavy atom. The Morgan fingerprint density at radius 2 is 1.96 bits per heavy atom. The number of likely N-dealkylation sites (tertiary alicyclic amines) is 2. The molecule has 138 valence electrons. The zero-order chi connectivity index (χ0) is 18.1. The van der Waals surface area contributed by atoms with Gasteiger partial charge in [0.15, 0.2) is 0 Å². The van der Waals surface area contributed by atoms with Gasteiger partial charge in [-0.05, 0) is 45.2 Å². The summed E-state index contributed by atoms with van der Waals surface area (Å²) in [6.45, 7) is 6.43. The average molecular weight is 347 g/mol. The highest BCUT2D eigenvalue weighted by molar-refractivity contribution is 5.84. The predicted octanol–water partition coefficient (Wildman–Crippen LogP) is 1.45. The molecule has 1 atom stereocenters. The van der Waals surface area contributed by atoms with Crippen molar-refractivity contribution in [3.05, 3.63) is 24.5 Å². The number of hydrogen-bond donors (Lipinski definition) is 1. The van der Waals surface area contributed by atoms with Gasteiger partial charge in [-0.25, -0.2) is 0 Å². The highest BCUT2D eigenvalue weighted by Crippen LogP contribution is 2.39. The Labute approximate surface area is 149 Å². The lowest BCUT2D eigenvalue weighted by molar-refractivity contribution is -0.147. The van der Waals surface area contributed by atoms with Crippen molar-refractivity contribution in [2.24, 2.45) is 5.41 Å². The van der Waals surface area contributed by atoms with Gasteiger partial charge >= 0.3 is 0 Å². The monoisotopic (exact) mass is 347 g/mol. The average Bonchev–Trinajstić information content (AvgIpc) is 3.13. The van der Waals surface area contributed by atoms with Crippen LogP contribution >= 0.6 is 0 Å². The van der Waals surface area contributed by atoms with Crippen LogP contribution in [-0.2, 0) is 15.1 Å². The number of nitrogens with zero attached hydrogens (tertiary/aromatic N) is 3. The summed E-state index contributed by atoms with van der Waals surface area (Å²) in [5, 5.41) is 9.21. The second-order valence-corrected chi connectivity index (χ2v) is 8.02. The quantitative estimate of drug-likeness (QED) is 0.896. The number of aliphatic hydroxyl groups excluding tert-OH is 1. The lowest BCUT2D eigenvalue weighted by Crippen LogP contribution is -2.58. The van der Waals surface area contributed by atoms with Gasteiger partial charge in [-0.3, -0.25) is 9.59 Å². The Bertz CT molecular complexity index is 626.